The van der Waals surface area contributed by atoms with E-state index in [1.807, 2.05) is 0 Å². The van der Waals surface area contributed by atoms with E-state index in [2.05, 4.69) is 0 Å². The van der Waals surface area contributed by atoms with Crippen molar-refractivity contribution >= 4 is 5.97 Å². The third-order valence-corrected chi connectivity index (χ3v) is 3.17. The quantitative estimate of drug-likeness (QED) is 0.451. The maximum absolute atomic E-state index is 10.9. The Hall–Kier alpha value is -1.71. The largest absolute Gasteiger partial charge is 0.479 e. The predicted molar refractivity (Wildman–Crippen MR) is 67.3 cm³/mol. The first kappa shape index (κ1) is 15.7. The molecule has 1 heterocycles. The van der Waals surface area contributed by atoms with E-state index in [1.54, 1.807) is 12.1 Å². The van der Waals surface area contributed by atoms with Gasteiger partial charge in [0.05, 0.1) is 6.61 Å². The zero-order valence-corrected chi connectivity index (χ0v) is 10.9. The Labute approximate surface area is 119 Å². The van der Waals surface area contributed by atoms with Crippen molar-refractivity contribution in [2.24, 2.45) is 0 Å². The van der Waals surface area contributed by atoms with Crippen molar-refractivity contribution in [3.05, 3.63) is 29.8 Å². The van der Waals surface area contributed by atoms with Crippen LogP contribution in [0.25, 0.3) is 0 Å². The number of carbonyl (C=O) groups is 1. The van der Waals surface area contributed by atoms with Crippen LogP contribution in [0.3, 0.4) is 0 Å². The van der Waals surface area contributed by atoms with Gasteiger partial charge in [-0.25, -0.2) is 4.79 Å². The SMILES string of the molecule is O=C(O)C1O[C@@H](Oc2ccc(CO)cc2)C(O)C(O)[C@@H]1O. The number of aliphatic hydroxyl groups is 4. The fourth-order valence-corrected chi connectivity index (χ4v) is 1.96. The van der Waals surface area contributed by atoms with Gasteiger partial charge in [-0.05, 0) is 17.7 Å². The molecule has 116 valence electrons. The van der Waals surface area contributed by atoms with E-state index in [-0.39, 0.29) is 12.4 Å². The molecular formula is C13H16O8. The van der Waals surface area contributed by atoms with Crippen molar-refractivity contribution in [2.45, 2.75) is 37.3 Å². The lowest BCUT2D eigenvalue weighted by Crippen LogP contribution is -2.61. The molecule has 1 fully saturated rings. The average molecular weight is 300 g/mol. The highest BCUT2D eigenvalue weighted by molar-refractivity contribution is 5.73. The van der Waals surface area contributed by atoms with Gasteiger partial charge >= 0.3 is 5.97 Å². The summed E-state index contributed by atoms with van der Waals surface area (Å²) < 4.78 is 10.3. The molecule has 8 heteroatoms. The highest BCUT2D eigenvalue weighted by Crippen LogP contribution is 2.24. The van der Waals surface area contributed by atoms with Crippen LogP contribution in [-0.2, 0) is 16.1 Å². The van der Waals surface area contributed by atoms with Crippen molar-refractivity contribution in [1.82, 2.24) is 0 Å². The van der Waals surface area contributed by atoms with Crippen LogP contribution in [0.2, 0.25) is 0 Å². The molecule has 0 amide bonds. The number of benzene rings is 1. The first-order valence-corrected chi connectivity index (χ1v) is 6.23. The highest BCUT2D eigenvalue weighted by atomic mass is 16.7. The fraction of sp³-hybridized carbons (Fsp3) is 0.462. The van der Waals surface area contributed by atoms with Crippen LogP contribution in [0, 0.1) is 0 Å². The third-order valence-electron chi connectivity index (χ3n) is 3.17. The second kappa shape index (κ2) is 6.37. The van der Waals surface area contributed by atoms with Gasteiger partial charge in [0.2, 0.25) is 6.29 Å². The number of ether oxygens (including phenoxy) is 2. The normalized spacial score (nSPS) is 32.7. The summed E-state index contributed by atoms with van der Waals surface area (Å²) in [5.74, 6) is -1.22. The minimum atomic E-state index is -1.76. The molecule has 1 aliphatic heterocycles. The molecule has 1 saturated heterocycles. The topological polar surface area (TPSA) is 137 Å². The summed E-state index contributed by atoms with van der Waals surface area (Å²) in [5.41, 5.74) is 0.645. The van der Waals surface area contributed by atoms with Gasteiger partial charge in [0, 0.05) is 0 Å². The smallest absolute Gasteiger partial charge is 0.335 e. The van der Waals surface area contributed by atoms with E-state index in [0.717, 1.165) is 0 Å². The van der Waals surface area contributed by atoms with Crippen LogP contribution in [0.15, 0.2) is 24.3 Å². The number of carboxylic acid groups (broad SMARTS) is 1. The number of hydrogen-bond acceptors (Lipinski definition) is 7. The Kier molecular flexibility index (Phi) is 4.76. The zero-order valence-electron chi connectivity index (χ0n) is 10.9. The highest BCUT2D eigenvalue weighted by Gasteiger charge is 2.48. The molecule has 5 N–H and O–H groups in total. The minimum Gasteiger partial charge on any atom is -0.479 e. The van der Waals surface area contributed by atoms with Gasteiger partial charge in [-0.3, -0.25) is 0 Å². The Morgan fingerprint density at radius 1 is 1.10 bits per heavy atom. The maximum atomic E-state index is 10.9. The second-order valence-corrected chi connectivity index (χ2v) is 4.66. The predicted octanol–water partition coefficient (Wildman–Crippen LogP) is -1.55. The van der Waals surface area contributed by atoms with Crippen molar-refractivity contribution in [2.75, 3.05) is 0 Å². The van der Waals surface area contributed by atoms with Gasteiger partial charge < -0.3 is 35.0 Å². The van der Waals surface area contributed by atoms with Crippen LogP contribution in [0.4, 0.5) is 0 Å². The molecule has 8 nitrogen and oxygen atoms in total. The lowest BCUT2D eigenvalue weighted by atomic mass is 9.99. The van der Waals surface area contributed by atoms with E-state index in [1.165, 1.54) is 12.1 Å². The summed E-state index contributed by atoms with van der Waals surface area (Å²) in [6, 6.07) is 6.14. The Balaban J connectivity index is 2.11. The summed E-state index contributed by atoms with van der Waals surface area (Å²) in [4.78, 5) is 10.9. The van der Waals surface area contributed by atoms with Gasteiger partial charge in [-0.15, -0.1) is 0 Å². The summed E-state index contributed by atoms with van der Waals surface area (Å²) >= 11 is 0. The van der Waals surface area contributed by atoms with E-state index in [4.69, 9.17) is 19.7 Å². The summed E-state index contributed by atoms with van der Waals surface area (Å²) in [6.07, 6.45) is -8.21. The molecule has 5 atom stereocenters. The van der Waals surface area contributed by atoms with Crippen LogP contribution in [0.1, 0.15) is 5.56 Å². The number of aliphatic hydroxyl groups excluding tert-OH is 4. The van der Waals surface area contributed by atoms with E-state index in [0.29, 0.717) is 5.56 Å². The van der Waals surface area contributed by atoms with Crippen molar-refractivity contribution in [3.63, 3.8) is 0 Å². The lowest BCUT2D eigenvalue weighted by Gasteiger charge is -2.38. The maximum Gasteiger partial charge on any atom is 0.335 e. The van der Waals surface area contributed by atoms with Crippen molar-refractivity contribution < 1.29 is 39.8 Å². The van der Waals surface area contributed by atoms with Crippen LogP contribution >= 0.6 is 0 Å². The van der Waals surface area contributed by atoms with Crippen LogP contribution in [-0.4, -0.2) is 62.2 Å². The minimum absolute atomic E-state index is 0.144. The van der Waals surface area contributed by atoms with Gasteiger partial charge in [0.15, 0.2) is 6.10 Å². The first-order valence-electron chi connectivity index (χ1n) is 6.23. The molecule has 2 rings (SSSR count). The third kappa shape index (κ3) is 3.31. The zero-order chi connectivity index (χ0) is 15.6. The van der Waals surface area contributed by atoms with E-state index >= 15 is 0 Å². The fourth-order valence-electron chi connectivity index (χ4n) is 1.96. The Morgan fingerprint density at radius 2 is 1.71 bits per heavy atom. The van der Waals surface area contributed by atoms with Crippen LogP contribution in [0.5, 0.6) is 5.75 Å². The summed E-state index contributed by atoms with van der Waals surface area (Å²) in [7, 11) is 0. The molecule has 0 aliphatic carbocycles. The van der Waals surface area contributed by atoms with Gasteiger partial charge in [-0.2, -0.15) is 0 Å². The summed E-state index contributed by atoms with van der Waals surface area (Å²) in [6.45, 7) is -0.144. The number of carboxylic acids is 1. The van der Waals surface area contributed by atoms with E-state index < -0.39 is 36.7 Å². The number of hydrogen-bond donors (Lipinski definition) is 5. The second-order valence-electron chi connectivity index (χ2n) is 4.66. The van der Waals surface area contributed by atoms with Crippen LogP contribution < -0.4 is 4.74 Å². The van der Waals surface area contributed by atoms with E-state index in [9.17, 15) is 20.1 Å². The first-order chi connectivity index (χ1) is 9.93. The number of rotatable bonds is 4. The lowest BCUT2D eigenvalue weighted by molar-refractivity contribution is -0.271. The molecule has 1 aromatic carbocycles. The molecule has 0 spiro atoms. The standard InChI is InChI=1S/C13H16O8/c14-5-6-1-3-7(4-2-6)20-13-10(17)8(15)9(16)11(21-13)12(18)19/h1-4,8-11,13-17H,5H2,(H,18,19)/t8?,9-,10?,11?,13+/m0/s1. The van der Waals surface area contributed by atoms with Crippen molar-refractivity contribution in [1.29, 1.82) is 0 Å². The van der Waals surface area contributed by atoms with Gasteiger partial charge in [0.1, 0.15) is 24.1 Å². The molecule has 0 radical (unpaired) electrons. The Morgan fingerprint density at radius 3 is 2.24 bits per heavy atom. The summed E-state index contributed by atoms with van der Waals surface area (Å²) in [5, 5.41) is 46.8. The van der Waals surface area contributed by atoms with Gasteiger partial charge in [0.25, 0.3) is 0 Å². The van der Waals surface area contributed by atoms with Crippen molar-refractivity contribution in [3.8, 4) is 5.75 Å². The molecule has 1 aliphatic rings. The average Bonchev–Trinajstić information content (AvgIpc) is 2.48. The molecule has 0 bridgehead atoms. The molecule has 21 heavy (non-hydrogen) atoms. The molecule has 0 aromatic heterocycles. The van der Waals surface area contributed by atoms with Gasteiger partial charge in [-0.1, -0.05) is 12.1 Å². The molecule has 3 unspecified atom stereocenters. The Bertz CT molecular complexity index is 487. The number of aliphatic carboxylic acids is 1. The monoisotopic (exact) mass is 300 g/mol. The molecule has 0 saturated carbocycles. The molecular weight excluding hydrogens is 284 g/mol. The molecule has 1 aromatic rings.